The molecule has 0 radical (unpaired) electrons. The van der Waals surface area contributed by atoms with Gasteiger partial charge in [0.05, 0.1) is 0 Å². The molecule has 3 heteroatoms. The molecule has 0 aromatic heterocycles. The molecule has 1 rings (SSSR count). The maximum Gasteiger partial charge on any atom is 0.0219 e. The average Bonchev–Trinajstić information content (AvgIpc) is 2.19. The molecule has 84 valence electrons. The Morgan fingerprint density at radius 3 is 2.64 bits per heavy atom. The van der Waals surface area contributed by atoms with Gasteiger partial charge < -0.3 is 10.2 Å². The molecule has 1 heterocycles. The molecule has 0 aliphatic carbocycles. The van der Waals surface area contributed by atoms with E-state index in [-0.39, 0.29) is 0 Å². The van der Waals surface area contributed by atoms with Crippen LogP contribution in [0.4, 0.5) is 0 Å². The van der Waals surface area contributed by atoms with Crippen LogP contribution in [-0.4, -0.2) is 62.2 Å². The standard InChI is InChI=1S/C11H25N3/c1-5-11(8-12-3)14-7-6-13(4)10(2)9-14/h10-12H,5-9H2,1-4H3. The van der Waals surface area contributed by atoms with Gasteiger partial charge in [-0.15, -0.1) is 0 Å². The van der Waals surface area contributed by atoms with Gasteiger partial charge in [-0.3, -0.25) is 4.90 Å². The molecule has 14 heavy (non-hydrogen) atoms. The lowest BCUT2D eigenvalue weighted by molar-refractivity contribution is 0.0706. The van der Waals surface area contributed by atoms with Crippen LogP contribution in [0.5, 0.6) is 0 Å². The second-order valence-electron chi connectivity index (χ2n) is 4.44. The number of rotatable bonds is 4. The SMILES string of the molecule is CCC(CNC)N1CCN(C)C(C)C1. The molecular formula is C11H25N3. The van der Waals surface area contributed by atoms with E-state index in [4.69, 9.17) is 0 Å². The van der Waals surface area contributed by atoms with Crippen molar-refractivity contribution in [3.05, 3.63) is 0 Å². The Kier molecular flexibility index (Phi) is 4.85. The number of hydrogen-bond acceptors (Lipinski definition) is 3. The van der Waals surface area contributed by atoms with Crippen molar-refractivity contribution in [3.8, 4) is 0 Å². The molecule has 0 amide bonds. The van der Waals surface area contributed by atoms with E-state index >= 15 is 0 Å². The molecule has 0 saturated carbocycles. The van der Waals surface area contributed by atoms with Crippen molar-refractivity contribution in [3.63, 3.8) is 0 Å². The molecule has 2 atom stereocenters. The third-order valence-corrected chi connectivity index (χ3v) is 3.42. The lowest BCUT2D eigenvalue weighted by Crippen LogP contribution is -2.55. The normalized spacial score (nSPS) is 27.9. The highest BCUT2D eigenvalue weighted by molar-refractivity contribution is 4.82. The summed E-state index contributed by atoms with van der Waals surface area (Å²) < 4.78 is 0. The van der Waals surface area contributed by atoms with Crippen LogP contribution in [0.1, 0.15) is 20.3 Å². The van der Waals surface area contributed by atoms with Crippen molar-refractivity contribution in [1.82, 2.24) is 15.1 Å². The molecule has 1 N–H and O–H groups in total. The third-order valence-electron chi connectivity index (χ3n) is 3.42. The quantitative estimate of drug-likeness (QED) is 0.716. The number of piperazine rings is 1. The summed E-state index contributed by atoms with van der Waals surface area (Å²) in [6.45, 7) is 9.37. The number of likely N-dealkylation sites (N-methyl/N-ethyl adjacent to an activating group) is 2. The van der Waals surface area contributed by atoms with Gasteiger partial charge in [0.15, 0.2) is 0 Å². The van der Waals surface area contributed by atoms with Crippen LogP contribution in [0.25, 0.3) is 0 Å². The van der Waals surface area contributed by atoms with Gasteiger partial charge in [-0.1, -0.05) is 6.92 Å². The molecule has 3 nitrogen and oxygen atoms in total. The lowest BCUT2D eigenvalue weighted by atomic mass is 10.1. The molecule has 1 aliphatic rings. The second kappa shape index (κ2) is 5.69. The molecule has 1 saturated heterocycles. The van der Waals surface area contributed by atoms with Crippen molar-refractivity contribution in [2.45, 2.75) is 32.4 Å². The van der Waals surface area contributed by atoms with Gasteiger partial charge in [0.1, 0.15) is 0 Å². The van der Waals surface area contributed by atoms with Crippen molar-refractivity contribution in [1.29, 1.82) is 0 Å². The summed E-state index contributed by atoms with van der Waals surface area (Å²) in [4.78, 5) is 5.07. The summed E-state index contributed by atoms with van der Waals surface area (Å²) in [6.07, 6.45) is 1.25. The first kappa shape index (κ1) is 12.0. The second-order valence-corrected chi connectivity index (χ2v) is 4.44. The molecule has 0 spiro atoms. The maximum atomic E-state index is 3.29. The zero-order valence-electron chi connectivity index (χ0n) is 10.1. The Bertz CT molecular complexity index is 161. The smallest absolute Gasteiger partial charge is 0.0219 e. The molecule has 0 aromatic carbocycles. The number of hydrogen-bond donors (Lipinski definition) is 1. The van der Waals surface area contributed by atoms with E-state index in [1.807, 2.05) is 7.05 Å². The highest BCUT2D eigenvalue weighted by Gasteiger charge is 2.24. The van der Waals surface area contributed by atoms with E-state index in [9.17, 15) is 0 Å². The van der Waals surface area contributed by atoms with Crippen molar-refractivity contribution in [2.24, 2.45) is 0 Å². The van der Waals surface area contributed by atoms with E-state index in [0.29, 0.717) is 6.04 Å². The average molecular weight is 199 g/mol. The molecular weight excluding hydrogens is 174 g/mol. The van der Waals surface area contributed by atoms with Crippen LogP contribution in [0.3, 0.4) is 0 Å². The van der Waals surface area contributed by atoms with Crippen LogP contribution in [0.2, 0.25) is 0 Å². The fourth-order valence-corrected chi connectivity index (χ4v) is 2.18. The van der Waals surface area contributed by atoms with Gasteiger partial charge in [0.2, 0.25) is 0 Å². The first-order valence-electron chi connectivity index (χ1n) is 5.78. The number of nitrogens with one attached hydrogen (secondary N) is 1. The van der Waals surface area contributed by atoms with Crippen LogP contribution in [0.15, 0.2) is 0 Å². The summed E-state index contributed by atoms with van der Waals surface area (Å²) in [5.74, 6) is 0. The van der Waals surface area contributed by atoms with E-state index in [1.54, 1.807) is 0 Å². The maximum absolute atomic E-state index is 3.29. The summed E-state index contributed by atoms with van der Waals surface area (Å²) >= 11 is 0. The molecule has 1 fully saturated rings. The minimum atomic E-state index is 0.703. The van der Waals surface area contributed by atoms with Gasteiger partial charge in [-0.25, -0.2) is 0 Å². The van der Waals surface area contributed by atoms with E-state index < -0.39 is 0 Å². The van der Waals surface area contributed by atoms with Crippen molar-refractivity contribution >= 4 is 0 Å². The Hall–Kier alpha value is -0.120. The predicted molar refractivity (Wildman–Crippen MR) is 61.7 cm³/mol. The zero-order chi connectivity index (χ0) is 10.6. The first-order valence-corrected chi connectivity index (χ1v) is 5.78. The van der Waals surface area contributed by atoms with E-state index in [1.165, 1.54) is 26.1 Å². The van der Waals surface area contributed by atoms with Crippen LogP contribution in [-0.2, 0) is 0 Å². The Labute approximate surface area is 88.5 Å². The van der Waals surface area contributed by atoms with E-state index in [2.05, 4.69) is 36.0 Å². The highest BCUT2D eigenvalue weighted by Crippen LogP contribution is 2.11. The van der Waals surface area contributed by atoms with Gasteiger partial charge >= 0.3 is 0 Å². The molecule has 1 aliphatic heterocycles. The van der Waals surface area contributed by atoms with Crippen molar-refractivity contribution in [2.75, 3.05) is 40.3 Å². The van der Waals surface area contributed by atoms with Crippen LogP contribution >= 0.6 is 0 Å². The summed E-state index contributed by atoms with van der Waals surface area (Å²) in [5.41, 5.74) is 0. The first-order chi connectivity index (χ1) is 6.69. The van der Waals surface area contributed by atoms with E-state index in [0.717, 1.165) is 12.6 Å². The summed E-state index contributed by atoms with van der Waals surface area (Å²) in [6, 6.07) is 1.42. The van der Waals surface area contributed by atoms with Gasteiger partial charge in [0, 0.05) is 38.3 Å². The topological polar surface area (TPSA) is 18.5 Å². The fraction of sp³-hybridized carbons (Fsp3) is 1.00. The molecule has 0 aromatic rings. The van der Waals surface area contributed by atoms with Crippen LogP contribution in [0, 0.1) is 0 Å². The van der Waals surface area contributed by atoms with Crippen LogP contribution < -0.4 is 5.32 Å². The predicted octanol–water partition coefficient (Wildman–Crippen LogP) is 0.620. The number of nitrogens with zero attached hydrogens (tertiary/aromatic N) is 2. The monoisotopic (exact) mass is 199 g/mol. The minimum absolute atomic E-state index is 0.703. The molecule has 2 unspecified atom stereocenters. The minimum Gasteiger partial charge on any atom is -0.318 e. The Morgan fingerprint density at radius 2 is 2.14 bits per heavy atom. The largest absolute Gasteiger partial charge is 0.318 e. The lowest BCUT2D eigenvalue weighted by Gasteiger charge is -2.41. The van der Waals surface area contributed by atoms with Crippen molar-refractivity contribution < 1.29 is 0 Å². The Morgan fingerprint density at radius 1 is 1.43 bits per heavy atom. The van der Waals surface area contributed by atoms with Gasteiger partial charge in [-0.2, -0.15) is 0 Å². The molecule has 0 bridgehead atoms. The third kappa shape index (κ3) is 2.94. The summed E-state index contributed by atoms with van der Waals surface area (Å²) in [7, 11) is 4.27. The summed E-state index contributed by atoms with van der Waals surface area (Å²) in [5, 5.41) is 3.29. The van der Waals surface area contributed by atoms with Gasteiger partial charge in [-0.05, 0) is 27.4 Å². The van der Waals surface area contributed by atoms with Gasteiger partial charge in [0.25, 0.3) is 0 Å². The fourth-order valence-electron chi connectivity index (χ4n) is 2.18. The zero-order valence-corrected chi connectivity index (χ0v) is 10.1. The Balaban J connectivity index is 2.43. The highest BCUT2D eigenvalue weighted by atomic mass is 15.3.